The van der Waals surface area contributed by atoms with Crippen LogP contribution in [0, 0.1) is 0 Å². The van der Waals surface area contributed by atoms with Gasteiger partial charge in [0.25, 0.3) is 0 Å². The highest BCUT2D eigenvalue weighted by Gasteiger charge is 2.09. The number of carbonyl (C=O) groups is 1. The number of amides is 1. The van der Waals surface area contributed by atoms with E-state index in [1.165, 1.54) is 0 Å². The SMILES string of the molecule is CCC(CCN)NC(=O)COC(C)C. The monoisotopic (exact) mass is 202 g/mol. The predicted octanol–water partition coefficient (Wildman–Crippen LogP) is 0.655. The topological polar surface area (TPSA) is 64.3 Å². The van der Waals surface area contributed by atoms with Crippen molar-refractivity contribution in [2.75, 3.05) is 13.2 Å². The van der Waals surface area contributed by atoms with E-state index in [9.17, 15) is 4.79 Å². The minimum Gasteiger partial charge on any atom is -0.369 e. The third-order valence-corrected chi connectivity index (χ3v) is 1.92. The van der Waals surface area contributed by atoms with Crippen LogP contribution in [-0.2, 0) is 9.53 Å². The van der Waals surface area contributed by atoms with Crippen molar-refractivity contribution < 1.29 is 9.53 Å². The Morgan fingerprint density at radius 2 is 2.14 bits per heavy atom. The van der Waals surface area contributed by atoms with Gasteiger partial charge in [-0.1, -0.05) is 6.92 Å². The molecular weight excluding hydrogens is 180 g/mol. The van der Waals surface area contributed by atoms with E-state index in [1.54, 1.807) is 0 Å². The average Bonchev–Trinajstić information content (AvgIpc) is 2.14. The van der Waals surface area contributed by atoms with E-state index in [0.29, 0.717) is 6.54 Å². The minimum atomic E-state index is -0.0565. The Kier molecular flexibility index (Phi) is 7.42. The fourth-order valence-electron chi connectivity index (χ4n) is 1.09. The van der Waals surface area contributed by atoms with Crippen molar-refractivity contribution in [2.45, 2.75) is 45.8 Å². The van der Waals surface area contributed by atoms with Crippen molar-refractivity contribution in [1.82, 2.24) is 5.32 Å². The Balaban J connectivity index is 3.67. The van der Waals surface area contributed by atoms with Gasteiger partial charge in [0, 0.05) is 6.04 Å². The van der Waals surface area contributed by atoms with Gasteiger partial charge in [0.2, 0.25) is 5.91 Å². The number of rotatable bonds is 7. The Labute approximate surface area is 86.2 Å². The highest BCUT2D eigenvalue weighted by molar-refractivity contribution is 5.77. The standard InChI is InChI=1S/C10H22N2O2/c1-4-9(5-6-11)12-10(13)7-14-8(2)3/h8-9H,4-7,11H2,1-3H3,(H,12,13). The van der Waals surface area contributed by atoms with Crippen LogP contribution in [0.3, 0.4) is 0 Å². The van der Waals surface area contributed by atoms with Crippen molar-refractivity contribution >= 4 is 5.91 Å². The lowest BCUT2D eigenvalue weighted by Crippen LogP contribution is -2.38. The first kappa shape index (κ1) is 13.4. The second kappa shape index (κ2) is 7.76. The fraction of sp³-hybridized carbons (Fsp3) is 0.900. The Morgan fingerprint density at radius 1 is 1.50 bits per heavy atom. The number of nitrogens with two attached hydrogens (primary N) is 1. The molecule has 0 aromatic carbocycles. The summed E-state index contributed by atoms with van der Waals surface area (Å²) in [6.07, 6.45) is 1.82. The molecule has 0 saturated heterocycles. The molecule has 0 radical (unpaired) electrons. The molecule has 0 rings (SSSR count). The molecular formula is C10H22N2O2. The first-order chi connectivity index (χ1) is 6.60. The number of hydrogen-bond donors (Lipinski definition) is 2. The van der Waals surface area contributed by atoms with Crippen LogP contribution in [0.5, 0.6) is 0 Å². The molecule has 84 valence electrons. The van der Waals surface area contributed by atoms with Gasteiger partial charge in [-0.2, -0.15) is 0 Å². The van der Waals surface area contributed by atoms with Gasteiger partial charge in [-0.25, -0.2) is 0 Å². The van der Waals surface area contributed by atoms with Crippen molar-refractivity contribution in [3.63, 3.8) is 0 Å². The Hall–Kier alpha value is -0.610. The summed E-state index contributed by atoms with van der Waals surface area (Å²) in [5, 5.41) is 2.88. The predicted molar refractivity (Wildman–Crippen MR) is 57.0 cm³/mol. The quantitative estimate of drug-likeness (QED) is 0.637. The molecule has 0 aliphatic heterocycles. The van der Waals surface area contributed by atoms with Gasteiger partial charge < -0.3 is 15.8 Å². The summed E-state index contributed by atoms with van der Waals surface area (Å²) in [5.41, 5.74) is 5.42. The van der Waals surface area contributed by atoms with Crippen LogP contribution >= 0.6 is 0 Å². The van der Waals surface area contributed by atoms with Gasteiger partial charge in [0.1, 0.15) is 6.61 Å². The number of ether oxygens (including phenoxy) is 1. The maximum atomic E-state index is 11.3. The summed E-state index contributed by atoms with van der Waals surface area (Å²) in [6, 6.07) is 0.184. The normalized spacial score (nSPS) is 12.9. The largest absolute Gasteiger partial charge is 0.369 e. The number of hydrogen-bond acceptors (Lipinski definition) is 3. The van der Waals surface area contributed by atoms with Crippen LogP contribution in [0.25, 0.3) is 0 Å². The molecule has 0 aliphatic carbocycles. The van der Waals surface area contributed by atoms with Gasteiger partial charge in [-0.3, -0.25) is 4.79 Å². The Morgan fingerprint density at radius 3 is 2.57 bits per heavy atom. The van der Waals surface area contributed by atoms with E-state index < -0.39 is 0 Å². The van der Waals surface area contributed by atoms with Crippen LogP contribution < -0.4 is 11.1 Å². The zero-order chi connectivity index (χ0) is 11.0. The van der Waals surface area contributed by atoms with E-state index in [0.717, 1.165) is 12.8 Å². The zero-order valence-electron chi connectivity index (χ0n) is 9.38. The second-order valence-electron chi connectivity index (χ2n) is 3.61. The average molecular weight is 202 g/mol. The molecule has 0 aromatic rings. The molecule has 4 heteroatoms. The van der Waals surface area contributed by atoms with Crippen LogP contribution in [0.4, 0.5) is 0 Å². The van der Waals surface area contributed by atoms with E-state index in [4.69, 9.17) is 10.5 Å². The van der Waals surface area contributed by atoms with Crippen LogP contribution in [-0.4, -0.2) is 31.2 Å². The van der Waals surface area contributed by atoms with Crippen molar-refractivity contribution in [1.29, 1.82) is 0 Å². The maximum absolute atomic E-state index is 11.3. The van der Waals surface area contributed by atoms with E-state index in [1.807, 2.05) is 20.8 Å². The van der Waals surface area contributed by atoms with Gasteiger partial charge >= 0.3 is 0 Å². The molecule has 1 atom stereocenters. The molecule has 4 nitrogen and oxygen atoms in total. The molecule has 0 fully saturated rings. The lowest BCUT2D eigenvalue weighted by Gasteiger charge is -2.16. The molecule has 0 saturated carbocycles. The number of carbonyl (C=O) groups excluding carboxylic acids is 1. The van der Waals surface area contributed by atoms with E-state index in [2.05, 4.69) is 5.32 Å². The Bertz CT molecular complexity index is 160. The van der Waals surface area contributed by atoms with Gasteiger partial charge in [-0.05, 0) is 33.2 Å². The lowest BCUT2D eigenvalue weighted by atomic mass is 10.1. The molecule has 3 N–H and O–H groups in total. The third-order valence-electron chi connectivity index (χ3n) is 1.92. The van der Waals surface area contributed by atoms with E-state index in [-0.39, 0.29) is 24.7 Å². The van der Waals surface area contributed by atoms with Crippen LogP contribution in [0.15, 0.2) is 0 Å². The van der Waals surface area contributed by atoms with Crippen LogP contribution in [0.1, 0.15) is 33.6 Å². The molecule has 0 aliphatic rings. The van der Waals surface area contributed by atoms with Crippen molar-refractivity contribution in [3.05, 3.63) is 0 Å². The minimum absolute atomic E-state index is 0.0565. The van der Waals surface area contributed by atoms with Crippen molar-refractivity contribution in [3.8, 4) is 0 Å². The smallest absolute Gasteiger partial charge is 0.246 e. The van der Waals surface area contributed by atoms with Gasteiger partial charge in [-0.15, -0.1) is 0 Å². The van der Waals surface area contributed by atoms with E-state index >= 15 is 0 Å². The fourth-order valence-corrected chi connectivity index (χ4v) is 1.09. The summed E-state index contributed by atoms with van der Waals surface area (Å²) in [4.78, 5) is 11.3. The summed E-state index contributed by atoms with van der Waals surface area (Å²) >= 11 is 0. The molecule has 0 bridgehead atoms. The third kappa shape index (κ3) is 6.86. The summed E-state index contributed by atoms with van der Waals surface area (Å²) in [5.74, 6) is -0.0565. The molecule has 1 amide bonds. The van der Waals surface area contributed by atoms with Gasteiger partial charge in [0.15, 0.2) is 0 Å². The first-order valence-electron chi connectivity index (χ1n) is 5.21. The molecule has 1 unspecified atom stereocenters. The zero-order valence-corrected chi connectivity index (χ0v) is 9.38. The van der Waals surface area contributed by atoms with Crippen molar-refractivity contribution in [2.24, 2.45) is 5.73 Å². The molecule has 0 spiro atoms. The van der Waals surface area contributed by atoms with Crippen LogP contribution in [0.2, 0.25) is 0 Å². The second-order valence-corrected chi connectivity index (χ2v) is 3.61. The van der Waals surface area contributed by atoms with Gasteiger partial charge in [0.05, 0.1) is 6.10 Å². The summed E-state index contributed by atoms with van der Waals surface area (Å²) < 4.78 is 5.18. The summed E-state index contributed by atoms with van der Waals surface area (Å²) in [6.45, 7) is 6.58. The molecule has 0 heterocycles. The lowest BCUT2D eigenvalue weighted by molar-refractivity contribution is -0.127. The maximum Gasteiger partial charge on any atom is 0.246 e. The first-order valence-corrected chi connectivity index (χ1v) is 5.21. The summed E-state index contributed by atoms with van der Waals surface area (Å²) in [7, 11) is 0. The number of nitrogens with one attached hydrogen (secondary N) is 1. The molecule has 0 aromatic heterocycles. The highest BCUT2D eigenvalue weighted by atomic mass is 16.5. The molecule has 14 heavy (non-hydrogen) atoms. The highest BCUT2D eigenvalue weighted by Crippen LogP contribution is 1.96.